The fraction of sp³-hybridized carbons (Fsp3) is 0.312. The molecular weight excluding hydrogens is 286 g/mol. The van der Waals surface area contributed by atoms with Crippen molar-refractivity contribution in [1.82, 2.24) is 9.88 Å². The number of hydrogen-bond donors (Lipinski definition) is 0. The van der Waals surface area contributed by atoms with Gasteiger partial charge in [-0.1, -0.05) is 29.8 Å². The average molecular weight is 304 g/mol. The van der Waals surface area contributed by atoms with Crippen molar-refractivity contribution in [1.29, 1.82) is 0 Å². The molecule has 1 aliphatic rings. The Bertz CT molecular complexity index is 598. The molecule has 2 aromatic rings. The standard InChI is InChI=1S/C16H18ClN3O/c1-19-7-9-20(10-8-19)16-12-14(11-15(17)18-16)21-13-5-3-2-4-6-13/h2-6,11-12H,7-10H2,1H3. The molecule has 1 fully saturated rings. The molecule has 0 spiro atoms. The zero-order valence-electron chi connectivity index (χ0n) is 12.0. The molecule has 0 bridgehead atoms. The maximum Gasteiger partial charge on any atom is 0.135 e. The van der Waals surface area contributed by atoms with Crippen molar-refractivity contribution in [3.8, 4) is 11.5 Å². The predicted molar refractivity (Wildman–Crippen MR) is 85.5 cm³/mol. The Morgan fingerprint density at radius 1 is 1.00 bits per heavy atom. The minimum atomic E-state index is 0.456. The van der Waals surface area contributed by atoms with Crippen LogP contribution in [-0.4, -0.2) is 43.1 Å². The number of benzene rings is 1. The summed E-state index contributed by atoms with van der Waals surface area (Å²) in [6.07, 6.45) is 0. The van der Waals surface area contributed by atoms with Gasteiger partial charge in [0.15, 0.2) is 0 Å². The maximum absolute atomic E-state index is 6.14. The van der Waals surface area contributed by atoms with Crippen LogP contribution in [0.25, 0.3) is 0 Å². The van der Waals surface area contributed by atoms with Crippen LogP contribution in [0.2, 0.25) is 5.15 Å². The minimum absolute atomic E-state index is 0.456. The van der Waals surface area contributed by atoms with E-state index in [9.17, 15) is 0 Å². The number of aromatic nitrogens is 1. The van der Waals surface area contributed by atoms with Gasteiger partial charge in [0.05, 0.1) is 0 Å². The van der Waals surface area contributed by atoms with Crippen molar-refractivity contribution in [2.75, 3.05) is 38.1 Å². The highest BCUT2D eigenvalue weighted by Crippen LogP contribution is 2.28. The van der Waals surface area contributed by atoms with E-state index in [1.165, 1.54) is 0 Å². The highest BCUT2D eigenvalue weighted by atomic mass is 35.5. The number of pyridine rings is 1. The Balaban J connectivity index is 1.79. The first-order chi connectivity index (χ1) is 10.2. The summed E-state index contributed by atoms with van der Waals surface area (Å²) in [4.78, 5) is 8.96. The Kier molecular flexibility index (Phi) is 4.27. The number of piperazine rings is 1. The predicted octanol–water partition coefficient (Wildman–Crippen LogP) is 3.28. The summed E-state index contributed by atoms with van der Waals surface area (Å²) in [6, 6.07) is 13.4. The molecule has 2 heterocycles. The number of hydrogen-bond acceptors (Lipinski definition) is 4. The Morgan fingerprint density at radius 3 is 2.43 bits per heavy atom. The minimum Gasteiger partial charge on any atom is -0.457 e. The monoisotopic (exact) mass is 303 g/mol. The zero-order valence-corrected chi connectivity index (χ0v) is 12.8. The molecule has 4 nitrogen and oxygen atoms in total. The summed E-state index contributed by atoms with van der Waals surface area (Å²) in [5.41, 5.74) is 0. The lowest BCUT2D eigenvalue weighted by molar-refractivity contribution is 0.312. The molecule has 110 valence electrons. The highest BCUT2D eigenvalue weighted by molar-refractivity contribution is 6.29. The van der Waals surface area contributed by atoms with Crippen LogP contribution >= 0.6 is 11.6 Å². The molecule has 1 aliphatic heterocycles. The summed E-state index contributed by atoms with van der Waals surface area (Å²) in [5, 5.41) is 0.456. The van der Waals surface area contributed by atoms with Crippen molar-refractivity contribution in [3.63, 3.8) is 0 Å². The molecule has 0 N–H and O–H groups in total. The highest BCUT2D eigenvalue weighted by Gasteiger charge is 2.16. The number of ether oxygens (including phenoxy) is 1. The fourth-order valence-electron chi connectivity index (χ4n) is 2.34. The van der Waals surface area contributed by atoms with Crippen LogP contribution in [0.3, 0.4) is 0 Å². The summed E-state index contributed by atoms with van der Waals surface area (Å²) in [7, 11) is 2.13. The van der Waals surface area contributed by atoms with E-state index in [-0.39, 0.29) is 0 Å². The lowest BCUT2D eigenvalue weighted by atomic mass is 10.3. The molecule has 5 heteroatoms. The third kappa shape index (κ3) is 3.65. The van der Waals surface area contributed by atoms with Gasteiger partial charge in [-0.25, -0.2) is 4.98 Å². The normalized spacial score (nSPS) is 16.0. The van der Waals surface area contributed by atoms with Gasteiger partial charge in [0.1, 0.15) is 22.5 Å². The molecule has 1 saturated heterocycles. The molecule has 3 rings (SSSR count). The van der Waals surface area contributed by atoms with Crippen LogP contribution < -0.4 is 9.64 Å². The zero-order chi connectivity index (χ0) is 14.7. The van der Waals surface area contributed by atoms with Crippen molar-refractivity contribution in [2.45, 2.75) is 0 Å². The summed E-state index contributed by atoms with van der Waals surface area (Å²) in [6.45, 7) is 3.97. The molecule has 0 unspecified atom stereocenters. The van der Waals surface area contributed by atoms with Crippen LogP contribution in [0.1, 0.15) is 0 Å². The van der Waals surface area contributed by atoms with E-state index in [0.29, 0.717) is 5.15 Å². The van der Waals surface area contributed by atoms with Gasteiger partial charge in [0.25, 0.3) is 0 Å². The third-order valence-corrected chi connectivity index (χ3v) is 3.75. The Labute approximate surface area is 129 Å². The summed E-state index contributed by atoms with van der Waals surface area (Å²) < 4.78 is 5.85. The van der Waals surface area contributed by atoms with Crippen LogP contribution in [0, 0.1) is 0 Å². The number of anilines is 1. The quantitative estimate of drug-likeness (QED) is 0.814. The second kappa shape index (κ2) is 6.33. The van der Waals surface area contributed by atoms with Crippen molar-refractivity contribution in [2.24, 2.45) is 0 Å². The largest absolute Gasteiger partial charge is 0.457 e. The van der Waals surface area contributed by atoms with Crippen LogP contribution in [-0.2, 0) is 0 Å². The molecule has 0 aliphatic carbocycles. The molecule has 1 aromatic heterocycles. The topological polar surface area (TPSA) is 28.6 Å². The smallest absolute Gasteiger partial charge is 0.135 e. The van der Waals surface area contributed by atoms with Crippen LogP contribution in [0.4, 0.5) is 5.82 Å². The van der Waals surface area contributed by atoms with E-state index in [2.05, 4.69) is 21.8 Å². The molecule has 1 aromatic carbocycles. The molecule has 0 radical (unpaired) electrons. The number of halogens is 1. The molecule has 21 heavy (non-hydrogen) atoms. The van der Waals surface area contributed by atoms with E-state index < -0.39 is 0 Å². The van der Waals surface area contributed by atoms with Crippen molar-refractivity contribution in [3.05, 3.63) is 47.6 Å². The van der Waals surface area contributed by atoms with E-state index in [0.717, 1.165) is 43.5 Å². The number of rotatable bonds is 3. The van der Waals surface area contributed by atoms with Gasteiger partial charge in [-0.05, 0) is 19.2 Å². The van der Waals surface area contributed by atoms with Gasteiger partial charge < -0.3 is 14.5 Å². The van der Waals surface area contributed by atoms with Crippen LogP contribution in [0.15, 0.2) is 42.5 Å². The van der Waals surface area contributed by atoms with Crippen molar-refractivity contribution < 1.29 is 4.74 Å². The van der Waals surface area contributed by atoms with E-state index in [1.54, 1.807) is 6.07 Å². The number of para-hydroxylation sites is 1. The van der Waals surface area contributed by atoms with Gasteiger partial charge in [-0.2, -0.15) is 0 Å². The lowest BCUT2D eigenvalue weighted by Gasteiger charge is -2.33. The maximum atomic E-state index is 6.14. The third-order valence-electron chi connectivity index (χ3n) is 3.56. The summed E-state index contributed by atoms with van der Waals surface area (Å²) in [5.74, 6) is 2.39. The lowest BCUT2D eigenvalue weighted by Crippen LogP contribution is -2.44. The van der Waals surface area contributed by atoms with Crippen molar-refractivity contribution >= 4 is 17.4 Å². The van der Waals surface area contributed by atoms with E-state index in [4.69, 9.17) is 16.3 Å². The van der Waals surface area contributed by atoms with Gasteiger partial charge in [-0.3, -0.25) is 0 Å². The average Bonchev–Trinajstić information content (AvgIpc) is 2.48. The molecular formula is C16H18ClN3O. The first-order valence-corrected chi connectivity index (χ1v) is 7.42. The number of nitrogens with zero attached hydrogens (tertiary/aromatic N) is 3. The summed E-state index contributed by atoms with van der Waals surface area (Å²) >= 11 is 6.14. The Hall–Kier alpha value is -1.78. The first kappa shape index (κ1) is 14.2. The van der Waals surface area contributed by atoms with Gasteiger partial charge in [0, 0.05) is 38.3 Å². The first-order valence-electron chi connectivity index (χ1n) is 7.05. The van der Waals surface area contributed by atoms with E-state index in [1.807, 2.05) is 36.4 Å². The SMILES string of the molecule is CN1CCN(c2cc(Oc3ccccc3)cc(Cl)n2)CC1. The Morgan fingerprint density at radius 2 is 1.71 bits per heavy atom. The van der Waals surface area contributed by atoms with Gasteiger partial charge in [0.2, 0.25) is 0 Å². The second-order valence-electron chi connectivity index (χ2n) is 5.19. The number of likely N-dealkylation sites (N-methyl/N-ethyl adjacent to an activating group) is 1. The van der Waals surface area contributed by atoms with Gasteiger partial charge in [-0.15, -0.1) is 0 Å². The second-order valence-corrected chi connectivity index (χ2v) is 5.58. The van der Waals surface area contributed by atoms with Gasteiger partial charge >= 0.3 is 0 Å². The van der Waals surface area contributed by atoms with E-state index >= 15 is 0 Å². The molecule has 0 amide bonds. The van der Waals surface area contributed by atoms with Crippen LogP contribution in [0.5, 0.6) is 11.5 Å². The molecule has 0 atom stereocenters. The molecule has 0 saturated carbocycles. The fourth-order valence-corrected chi connectivity index (χ4v) is 2.54.